The number of ether oxygens (including phenoxy) is 2. The number of thioether (sulfide) groups is 1. The van der Waals surface area contributed by atoms with Gasteiger partial charge in [-0.3, -0.25) is 9.59 Å². The van der Waals surface area contributed by atoms with E-state index in [1.807, 2.05) is 56.3 Å². The average Bonchev–Trinajstić information content (AvgIpc) is 3.25. The molecular weight excluding hydrogens is 424 g/mol. The summed E-state index contributed by atoms with van der Waals surface area (Å²) in [6, 6.07) is 20.3. The Kier molecular flexibility index (Phi) is 6.66. The van der Waals surface area contributed by atoms with Crippen LogP contribution in [0.2, 0.25) is 0 Å². The summed E-state index contributed by atoms with van der Waals surface area (Å²) in [4.78, 5) is 26.3. The van der Waals surface area contributed by atoms with Crippen LogP contribution in [0.15, 0.2) is 71.6 Å². The Hall–Kier alpha value is -3.45. The number of hydrogen-bond donors (Lipinski definition) is 2. The molecule has 0 fully saturated rings. The van der Waals surface area contributed by atoms with Gasteiger partial charge in [0, 0.05) is 27.9 Å². The molecule has 0 spiro atoms. The zero-order chi connectivity index (χ0) is 22.5. The van der Waals surface area contributed by atoms with E-state index in [0.29, 0.717) is 34.9 Å². The molecule has 1 heterocycles. The van der Waals surface area contributed by atoms with Crippen molar-refractivity contribution in [1.82, 2.24) is 0 Å². The van der Waals surface area contributed by atoms with Gasteiger partial charge in [0.05, 0.1) is 5.25 Å². The number of aryl methyl sites for hydroxylation is 1. The lowest BCUT2D eigenvalue weighted by molar-refractivity contribution is -0.115. The van der Waals surface area contributed by atoms with Crippen molar-refractivity contribution in [2.75, 3.05) is 17.4 Å². The molecule has 3 aromatic rings. The lowest BCUT2D eigenvalue weighted by Crippen LogP contribution is -2.24. The van der Waals surface area contributed by atoms with E-state index in [4.69, 9.17) is 9.47 Å². The van der Waals surface area contributed by atoms with E-state index >= 15 is 0 Å². The molecule has 6 nitrogen and oxygen atoms in total. The minimum atomic E-state index is -0.289. The van der Waals surface area contributed by atoms with Crippen LogP contribution >= 0.6 is 11.8 Å². The fourth-order valence-corrected chi connectivity index (χ4v) is 4.33. The number of amides is 2. The van der Waals surface area contributed by atoms with Crippen molar-refractivity contribution in [1.29, 1.82) is 0 Å². The maximum atomic E-state index is 12.9. The summed E-state index contributed by atoms with van der Waals surface area (Å²) in [5.74, 6) is 1.04. The predicted molar refractivity (Wildman–Crippen MR) is 127 cm³/mol. The smallest absolute Gasteiger partial charge is 0.255 e. The van der Waals surface area contributed by atoms with Crippen LogP contribution in [0, 0.1) is 6.92 Å². The van der Waals surface area contributed by atoms with Crippen molar-refractivity contribution in [3.8, 4) is 11.5 Å². The minimum absolute atomic E-state index is 0.0921. The molecule has 4 rings (SSSR count). The van der Waals surface area contributed by atoms with Gasteiger partial charge < -0.3 is 20.1 Å². The molecule has 0 aliphatic carbocycles. The van der Waals surface area contributed by atoms with Crippen LogP contribution in [0.3, 0.4) is 0 Å². The van der Waals surface area contributed by atoms with Crippen molar-refractivity contribution in [2.45, 2.75) is 30.4 Å². The van der Waals surface area contributed by atoms with E-state index in [0.717, 1.165) is 10.5 Å². The molecule has 0 aromatic heterocycles. The highest BCUT2D eigenvalue weighted by molar-refractivity contribution is 8.00. The van der Waals surface area contributed by atoms with E-state index in [9.17, 15) is 9.59 Å². The number of hydrogen-bond acceptors (Lipinski definition) is 5. The summed E-state index contributed by atoms with van der Waals surface area (Å²) in [7, 11) is 0. The summed E-state index contributed by atoms with van der Waals surface area (Å²) in [5.41, 5.74) is 2.99. The molecule has 0 saturated heterocycles. The lowest BCUT2D eigenvalue weighted by Gasteiger charge is -2.16. The first-order valence-electron chi connectivity index (χ1n) is 10.4. The number of anilines is 2. The molecule has 164 valence electrons. The normalized spacial score (nSPS) is 12.8. The number of rotatable bonds is 7. The summed E-state index contributed by atoms with van der Waals surface area (Å²) >= 11 is 1.46. The zero-order valence-electron chi connectivity index (χ0n) is 17.9. The molecule has 1 aliphatic heterocycles. The van der Waals surface area contributed by atoms with Crippen molar-refractivity contribution < 1.29 is 19.1 Å². The molecule has 3 aromatic carbocycles. The van der Waals surface area contributed by atoms with Crippen LogP contribution in [0.1, 0.15) is 29.3 Å². The van der Waals surface area contributed by atoms with Gasteiger partial charge in [-0.15, -0.1) is 11.8 Å². The van der Waals surface area contributed by atoms with E-state index < -0.39 is 0 Å². The molecule has 32 heavy (non-hydrogen) atoms. The summed E-state index contributed by atoms with van der Waals surface area (Å²) in [5, 5.41) is 5.59. The number of nitrogens with one attached hydrogen (secondary N) is 2. The Balaban J connectivity index is 1.40. The van der Waals surface area contributed by atoms with Crippen LogP contribution < -0.4 is 20.1 Å². The van der Waals surface area contributed by atoms with Gasteiger partial charge in [-0.05, 0) is 55.8 Å². The average molecular weight is 449 g/mol. The van der Waals surface area contributed by atoms with Gasteiger partial charge in [0.2, 0.25) is 12.7 Å². The Labute approximate surface area is 191 Å². The highest BCUT2D eigenvalue weighted by Crippen LogP contribution is 2.35. The largest absolute Gasteiger partial charge is 0.454 e. The second-order valence-electron chi connectivity index (χ2n) is 7.42. The lowest BCUT2D eigenvalue weighted by atomic mass is 10.1. The van der Waals surface area contributed by atoms with E-state index in [1.54, 1.807) is 24.3 Å². The fraction of sp³-hybridized carbons (Fsp3) is 0.200. The quantitative estimate of drug-likeness (QED) is 0.468. The van der Waals surface area contributed by atoms with Gasteiger partial charge in [0.25, 0.3) is 5.91 Å². The number of benzene rings is 3. The highest BCUT2D eigenvalue weighted by atomic mass is 32.2. The molecule has 7 heteroatoms. The van der Waals surface area contributed by atoms with E-state index in [-0.39, 0.29) is 23.9 Å². The molecule has 0 radical (unpaired) electrons. The molecule has 0 bridgehead atoms. The van der Waals surface area contributed by atoms with Gasteiger partial charge in [0.1, 0.15) is 0 Å². The molecule has 1 atom stereocenters. The third-order valence-corrected chi connectivity index (χ3v) is 6.31. The van der Waals surface area contributed by atoms with Crippen molar-refractivity contribution in [3.63, 3.8) is 0 Å². The van der Waals surface area contributed by atoms with Crippen molar-refractivity contribution in [2.24, 2.45) is 0 Å². The topological polar surface area (TPSA) is 76.7 Å². The van der Waals surface area contributed by atoms with Gasteiger partial charge in [-0.25, -0.2) is 0 Å². The third-order valence-electron chi connectivity index (χ3n) is 4.95. The van der Waals surface area contributed by atoms with Crippen LogP contribution in [0.4, 0.5) is 11.4 Å². The maximum absolute atomic E-state index is 12.9. The molecule has 0 saturated carbocycles. The molecule has 2 N–H and O–H groups in total. The number of fused-ring (bicyclic) bond motifs is 1. The third kappa shape index (κ3) is 5.23. The molecule has 2 amide bonds. The first kappa shape index (κ1) is 21.8. The second-order valence-corrected chi connectivity index (χ2v) is 8.70. The Bertz CT molecular complexity index is 1150. The molecule has 1 unspecified atom stereocenters. The zero-order valence-corrected chi connectivity index (χ0v) is 18.7. The van der Waals surface area contributed by atoms with Gasteiger partial charge in [-0.2, -0.15) is 0 Å². The summed E-state index contributed by atoms with van der Waals surface area (Å²) in [6.07, 6.45) is 0.654. The number of carbonyl (C=O) groups excluding carboxylic acids is 2. The Morgan fingerprint density at radius 1 is 0.938 bits per heavy atom. The second kappa shape index (κ2) is 9.78. The monoisotopic (exact) mass is 448 g/mol. The van der Waals surface area contributed by atoms with E-state index in [2.05, 4.69) is 10.6 Å². The van der Waals surface area contributed by atoms with Gasteiger partial charge in [-0.1, -0.05) is 30.7 Å². The first-order chi connectivity index (χ1) is 15.5. The van der Waals surface area contributed by atoms with Crippen LogP contribution in [-0.2, 0) is 4.79 Å². The van der Waals surface area contributed by atoms with Crippen molar-refractivity contribution >= 4 is 35.0 Å². The maximum Gasteiger partial charge on any atom is 0.255 e. The Morgan fingerprint density at radius 2 is 1.72 bits per heavy atom. The van der Waals surface area contributed by atoms with Crippen LogP contribution in [-0.4, -0.2) is 23.9 Å². The number of carbonyl (C=O) groups is 2. The van der Waals surface area contributed by atoms with Gasteiger partial charge >= 0.3 is 0 Å². The first-order valence-corrected chi connectivity index (χ1v) is 11.2. The fourth-order valence-electron chi connectivity index (χ4n) is 3.32. The molecular formula is C25H24N2O4S. The van der Waals surface area contributed by atoms with Crippen molar-refractivity contribution in [3.05, 3.63) is 77.9 Å². The summed E-state index contributed by atoms with van der Waals surface area (Å²) in [6.45, 7) is 4.12. The SMILES string of the molecule is CCC(Sc1cccc(NC(=O)c2cccc(C)c2)c1)C(=O)Nc1ccc2c(c1)OCO2. The standard InChI is InChI=1S/C25H24N2O4S/c1-3-23(25(29)27-19-10-11-21-22(14-19)31-15-30-21)32-20-9-5-8-18(13-20)26-24(28)17-7-4-6-16(2)12-17/h4-14,23H,3,15H2,1-2H3,(H,26,28)(H,27,29). The van der Waals surface area contributed by atoms with E-state index in [1.165, 1.54) is 11.8 Å². The van der Waals surface area contributed by atoms with Gasteiger partial charge in [0.15, 0.2) is 11.5 Å². The Morgan fingerprint density at radius 3 is 2.53 bits per heavy atom. The molecule has 1 aliphatic rings. The predicted octanol–water partition coefficient (Wildman–Crippen LogP) is 5.49. The minimum Gasteiger partial charge on any atom is -0.454 e. The summed E-state index contributed by atoms with van der Waals surface area (Å²) < 4.78 is 10.7. The highest BCUT2D eigenvalue weighted by Gasteiger charge is 2.20. The van der Waals surface area contributed by atoms with Crippen LogP contribution in [0.25, 0.3) is 0 Å². The van der Waals surface area contributed by atoms with Crippen LogP contribution in [0.5, 0.6) is 11.5 Å².